The number of morpholine rings is 1. The van der Waals surface area contributed by atoms with E-state index in [1.165, 1.54) is 13.2 Å². The standard InChI is InChI=1S/C25H27N3O6S/c1-32-21-9-6-19(7-10-21)27-35(30,31)24-17-20(8-11-23(24)28-12-14-34-15-13-28)26-25(29)18-4-3-5-22(16-18)33-2/h3-11,16-17,27H,12-15H2,1-2H3,(H,26,29). The average Bonchev–Trinajstić information content (AvgIpc) is 2.89. The Morgan fingerprint density at radius 2 is 1.57 bits per heavy atom. The van der Waals surface area contributed by atoms with Gasteiger partial charge in [0.2, 0.25) is 0 Å². The molecule has 1 aliphatic rings. The zero-order chi connectivity index (χ0) is 24.8. The van der Waals surface area contributed by atoms with Crippen LogP contribution in [0.25, 0.3) is 0 Å². The van der Waals surface area contributed by atoms with Crippen LogP contribution in [0.2, 0.25) is 0 Å². The van der Waals surface area contributed by atoms with Crippen molar-refractivity contribution >= 4 is 33.0 Å². The molecule has 0 unspecified atom stereocenters. The molecule has 0 saturated carbocycles. The van der Waals surface area contributed by atoms with E-state index in [1.54, 1.807) is 67.8 Å². The molecule has 0 aromatic heterocycles. The number of amides is 1. The van der Waals surface area contributed by atoms with Crippen molar-refractivity contribution in [3.05, 3.63) is 72.3 Å². The maximum atomic E-state index is 13.5. The van der Waals surface area contributed by atoms with E-state index in [9.17, 15) is 13.2 Å². The highest BCUT2D eigenvalue weighted by atomic mass is 32.2. The third kappa shape index (κ3) is 5.84. The molecule has 35 heavy (non-hydrogen) atoms. The Balaban J connectivity index is 1.66. The van der Waals surface area contributed by atoms with Gasteiger partial charge in [-0.2, -0.15) is 0 Å². The number of hydrogen-bond donors (Lipinski definition) is 2. The lowest BCUT2D eigenvalue weighted by Gasteiger charge is -2.30. The van der Waals surface area contributed by atoms with Gasteiger partial charge < -0.3 is 24.4 Å². The number of ether oxygens (including phenoxy) is 3. The molecule has 10 heteroatoms. The van der Waals surface area contributed by atoms with Crippen LogP contribution in [0.3, 0.4) is 0 Å². The molecule has 3 aromatic rings. The molecule has 0 radical (unpaired) electrons. The second kappa shape index (κ2) is 10.7. The Bertz CT molecular complexity index is 1290. The fourth-order valence-corrected chi connectivity index (χ4v) is 5.02. The SMILES string of the molecule is COc1ccc(NS(=O)(=O)c2cc(NC(=O)c3cccc(OC)c3)ccc2N2CCOCC2)cc1. The molecule has 0 aliphatic carbocycles. The van der Waals surface area contributed by atoms with E-state index in [1.807, 2.05) is 4.90 Å². The number of carbonyl (C=O) groups excluding carboxylic acids is 1. The number of nitrogens with one attached hydrogen (secondary N) is 2. The van der Waals surface area contributed by atoms with Crippen molar-refractivity contribution in [2.75, 3.05) is 55.5 Å². The van der Waals surface area contributed by atoms with Crippen molar-refractivity contribution in [1.29, 1.82) is 0 Å². The molecule has 2 N–H and O–H groups in total. The van der Waals surface area contributed by atoms with Gasteiger partial charge in [0, 0.05) is 30.0 Å². The smallest absolute Gasteiger partial charge is 0.264 e. The average molecular weight is 498 g/mol. The van der Waals surface area contributed by atoms with E-state index in [0.717, 1.165) is 0 Å². The van der Waals surface area contributed by atoms with Crippen LogP contribution in [0, 0.1) is 0 Å². The van der Waals surface area contributed by atoms with E-state index < -0.39 is 10.0 Å². The van der Waals surface area contributed by atoms with Gasteiger partial charge in [-0.1, -0.05) is 6.07 Å². The first-order chi connectivity index (χ1) is 16.9. The van der Waals surface area contributed by atoms with Crippen LogP contribution < -0.4 is 24.4 Å². The minimum atomic E-state index is -3.99. The lowest BCUT2D eigenvalue weighted by Crippen LogP contribution is -2.37. The molecule has 1 aliphatic heterocycles. The summed E-state index contributed by atoms with van der Waals surface area (Å²) in [5, 5.41) is 2.78. The Hall–Kier alpha value is -3.76. The summed E-state index contributed by atoms with van der Waals surface area (Å²) in [6.45, 7) is 2.11. The first-order valence-corrected chi connectivity index (χ1v) is 12.5. The summed E-state index contributed by atoms with van der Waals surface area (Å²) in [7, 11) is -0.928. The summed E-state index contributed by atoms with van der Waals surface area (Å²) in [6, 6.07) is 18.2. The molecule has 0 spiro atoms. The van der Waals surface area contributed by atoms with Crippen LogP contribution in [0.4, 0.5) is 17.1 Å². The predicted molar refractivity (Wildman–Crippen MR) is 134 cm³/mol. The largest absolute Gasteiger partial charge is 0.497 e. The van der Waals surface area contributed by atoms with Crippen molar-refractivity contribution < 1.29 is 27.4 Å². The van der Waals surface area contributed by atoms with Crippen LogP contribution in [-0.2, 0) is 14.8 Å². The van der Waals surface area contributed by atoms with Gasteiger partial charge in [0.05, 0.1) is 33.1 Å². The second-order valence-electron chi connectivity index (χ2n) is 7.80. The summed E-state index contributed by atoms with van der Waals surface area (Å²) in [5.41, 5.74) is 1.67. The number of methoxy groups -OCH3 is 2. The highest BCUT2D eigenvalue weighted by Gasteiger charge is 2.25. The van der Waals surface area contributed by atoms with E-state index in [-0.39, 0.29) is 10.8 Å². The van der Waals surface area contributed by atoms with Crippen molar-refractivity contribution in [2.24, 2.45) is 0 Å². The first kappa shape index (κ1) is 24.4. The summed E-state index contributed by atoms with van der Waals surface area (Å²) >= 11 is 0. The molecule has 1 fully saturated rings. The number of benzene rings is 3. The van der Waals surface area contributed by atoms with Gasteiger partial charge in [0.1, 0.15) is 16.4 Å². The minimum Gasteiger partial charge on any atom is -0.497 e. The third-order valence-corrected chi connectivity index (χ3v) is 6.94. The van der Waals surface area contributed by atoms with Gasteiger partial charge in [-0.3, -0.25) is 9.52 Å². The van der Waals surface area contributed by atoms with Crippen molar-refractivity contribution in [2.45, 2.75) is 4.90 Å². The van der Waals surface area contributed by atoms with E-state index >= 15 is 0 Å². The Labute approximate surface area is 204 Å². The molecule has 9 nitrogen and oxygen atoms in total. The molecule has 3 aromatic carbocycles. The fourth-order valence-electron chi connectivity index (χ4n) is 3.71. The Morgan fingerprint density at radius 1 is 0.886 bits per heavy atom. The summed E-state index contributed by atoms with van der Waals surface area (Å²) in [5.74, 6) is 0.783. The fraction of sp³-hybridized carbons (Fsp3) is 0.240. The highest BCUT2D eigenvalue weighted by molar-refractivity contribution is 7.92. The van der Waals surface area contributed by atoms with E-state index in [4.69, 9.17) is 14.2 Å². The topological polar surface area (TPSA) is 106 Å². The maximum Gasteiger partial charge on any atom is 0.264 e. The lowest BCUT2D eigenvalue weighted by atomic mass is 10.2. The second-order valence-corrected chi connectivity index (χ2v) is 9.45. The Kier molecular flexibility index (Phi) is 7.42. The predicted octanol–water partition coefficient (Wildman–Crippen LogP) is 3.59. The quantitative estimate of drug-likeness (QED) is 0.490. The van der Waals surface area contributed by atoms with Crippen molar-refractivity contribution in [3.8, 4) is 11.5 Å². The van der Waals surface area contributed by atoms with Crippen LogP contribution in [-0.4, -0.2) is 54.8 Å². The third-order valence-electron chi connectivity index (χ3n) is 5.53. The normalized spacial score (nSPS) is 13.7. The van der Waals surface area contributed by atoms with Gasteiger partial charge in [-0.15, -0.1) is 0 Å². The number of anilines is 3. The van der Waals surface area contributed by atoms with Gasteiger partial charge in [0.25, 0.3) is 15.9 Å². The summed E-state index contributed by atoms with van der Waals surface area (Å²) in [6.07, 6.45) is 0. The van der Waals surface area contributed by atoms with Crippen LogP contribution in [0.1, 0.15) is 10.4 Å². The minimum absolute atomic E-state index is 0.0543. The number of sulfonamides is 1. The number of nitrogens with zero attached hydrogens (tertiary/aromatic N) is 1. The zero-order valence-electron chi connectivity index (χ0n) is 19.5. The van der Waals surface area contributed by atoms with E-state index in [0.29, 0.717) is 60.4 Å². The highest BCUT2D eigenvalue weighted by Crippen LogP contribution is 2.31. The maximum absolute atomic E-state index is 13.5. The molecular formula is C25H27N3O6S. The van der Waals surface area contributed by atoms with Gasteiger partial charge in [-0.05, 0) is 60.7 Å². The monoisotopic (exact) mass is 497 g/mol. The molecule has 1 saturated heterocycles. The summed E-state index contributed by atoms with van der Waals surface area (Å²) in [4.78, 5) is 14.8. The van der Waals surface area contributed by atoms with Crippen LogP contribution >= 0.6 is 0 Å². The number of rotatable bonds is 8. The molecule has 0 atom stereocenters. The first-order valence-electron chi connectivity index (χ1n) is 11.0. The van der Waals surface area contributed by atoms with Crippen molar-refractivity contribution in [3.63, 3.8) is 0 Å². The molecule has 0 bridgehead atoms. The van der Waals surface area contributed by atoms with Crippen molar-refractivity contribution in [1.82, 2.24) is 0 Å². The van der Waals surface area contributed by atoms with Gasteiger partial charge in [-0.25, -0.2) is 8.42 Å². The number of hydrogen-bond acceptors (Lipinski definition) is 7. The molecular weight excluding hydrogens is 470 g/mol. The van der Waals surface area contributed by atoms with Crippen LogP contribution in [0.5, 0.6) is 11.5 Å². The van der Waals surface area contributed by atoms with Gasteiger partial charge >= 0.3 is 0 Å². The molecule has 1 heterocycles. The lowest BCUT2D eigenvalue weighted by molar-refractivity contribution is 0.102. The van der Waals surface area contributed by atoms with E-state index in [2.05, 4.69) is 10.0 Å². The Morgan fingerprint density at radius 3 is 2.26 bits per heavy atom. The summed E-state index contributed by atoms with van der Waals surface area (Å²) < 4.78 is 45.3. The molecule has 184 valence electrons. The molecule has 4 rings (SSSR count). The zero-order valence-corrected chi connectivity index (χ0v) is 20.3. The number of carbonyl (C=O) groups is 1. The van der Waals surface area contributed by atoms with Gasteiger partial charge in [0.15, 0.2) is 0 Å². The van der Waals surface area contributed by atoms with Crippen LogP contribution in [0.15, 0.2) is 71.6 Å². The molecule has 1 amide bonds.